The highest BCUT2D eigenvalue weighted by Gasteiger charge is 2.04. The van der Waals surface area contributed by atoms with Crippen molar-refractivity contribution in [3.63, 3.8) is 0 Å². The Morgan fingerprint density at radius 1 is 1.05 bits per heavy atom. The van der Waals surface area contributed by atoms with Crippen LogP contribution in [0.3, 0.4) is 0 Å². The Morgan fingerprint density at radius 2 is 1.74 bits per heavy atom. The molecule has 2 rings (SSSR count). The molecule has 2 aromatic rings. The second kappa shape index (κ2) is 6.09. The Bertz CT molecular complexity index is 581. The lowest BCUT2D eigenvalue weighted by Gasteiger charge is -2.19. The van der Waals surface area contributed by atoms with Gasteiger partial charge in [-0.25, -0.2) is 0 Å². The summed E-state index contributed by atoms with van der Waals surface area (Å²) in [5.74, 6) is 0. The molecule has 19 heavy (non-hydrogen) atoms. The Morgan fingerprint density at radius 3 is 2.32 bits per heavy atom. The first-order valence-electron chi connectivity index (χ1n) is 5.80. The van der Waals surface area contributed by atoms with E-state index in [1.165, 1.54) is 0 Å². The van der Waals surface area contributed by atoms with Crippen LogP contribution in [0.15, 0.2) is 42.5 Å². The van der Waals surface area contributed by atoms with Gasteiger partial charge in [-0.05, 0) is 42.0 Å². The van der Waals surface area contributed by atoms with Crippen molar-refractivity contribution in [2.45, 2.75) is 6.54 Å². The van der Waals surface area contributed by atoms with E-state index in [0.717, 1.165) is 24.1 Å². The first kappa shape index (κ1) is 13.9. The molecule has 0 atom stereocenters. The zero-order chi connectivity index (χ0) is 13.8. The standard InChI is InChI=1S/C15H13Cl2NO/c1-18(13-5-2-11(10-19)3-6-13)9-12-4-7-14(16)15(17)8-12/h2-8,10H,9H2,1H3. The fraction of sp³-hybridized carbons (Fsp3) is 0.133. The number of carbonyl (C=O) groups excluding carboxylic acids is 1. The van der Waals surface area contributed by atoms with Crippen LogP contribution in [0.5, 0.6) is 0 Å². The van der Waals surface area contributed by atoms with Crippen LogP contribution in [0.1, 0.15) is 15.9 Å². The predicted octanol–water partition coefficient (Wildman–Crippen LogP) is 4.44. The van der Waals surface area contributed by atoms with Crippen molar-refractivity contribution < 1.29 is 4.79 Å². The molecule has 98 valence electrons. The Balaban J connectivity index is 2.12. The van der Waals surface area contributed by atoms with Gasteiger partial charge in [0.25, 0.3) is 0 Å². The molecule has 0 fully saturated rings. The second-order valence-electron chi connectivity index (χ2n) is 4.31. The summed E-state index contributed by atoms with van der Waals surface area (Å²) in [6.07, 6.45) is 0.836. The molecule has 0 saturated heterocycles. The van der Waals surface area contributed by atoms with E-state index < -0.39 is 0 Å². The topological polar surface area (TPSA) is 20.3 Å². The molecule has 0 radical (unpaired) electrons. The van der Waals surface area contributed by atoms with Gasteiger partial charge in [-0.3, -0.25) is 4.79 Å². The first-order chi connectivity index (χ1) is 9.10. The van der Waals surface area contributed by atoms with E-state index in [1.807, 2.05) is 31.3 Å². The van der Waals surface area contributed by atoms with Gasteiger partial charge < -0.3 is 4.90 Å². The summed E-state index contributed by atoms with van der Waals surface area (Å²) >= 11 is 11.9. The van der Waals surface area contributed by atoms with Crippen molar-refractivity contribution in [1.29, 1.82) is 0 Å². The lowest BCUT2D eigenvalue weighted by molar-refractivity contribution is 0.112. The summed E-state index contributed by atoms with van der Waals surface area (Å²) in [6.45, 7) is 0.720. The van der Waals surface area contributed by atoms with Crippen molar-refractivity contribution in [3.8, 4) is 0 Å². The summed E-state index contributed by atoms with van der Waals surface area (Å²) < 4.78 is 0. The van der Waals surface area contributed by atoms with E-state index in [0.29, 0.717) is 15.6 Å². The fourth-order valence-electron chi connectivity index (χ4n) is 1.81. The van der Waals surface area contributed by atoms with Gasteiger partial charge >= 0.3 is 0 Å². The number of halogens is 2. The van der Waals surface area contributed by atoms with Gasteiger partial charge in [0, 0.05) is 24.8 Å². The lowest BCUT2D eigenvalue weighted by atomic mass is 10.2. The van der Waals surface area contributed by atoms with E-state index in [1.54, 1.807) is 18.2 Å². The van der Waals surface area contributed by atoms with Gasteiger partial charge in [0.15, 0.2) is 0 Å². The zero-order valence-electron chi connectivity index (χ0n) is 10.4. The van der Waals surface area contributed by atoms with E-state index in [-0.39, 0.29) is 0 Å². The molecule has 0 bridgehead atoms. The first-order valence-corrected chi connectivity index (χ1v) is 6.56. The van der Waals surface area contributed by atoms with E-state index in [2.05, 4.69) is 4.90 Å². The number of benzene rings is 2. The maximum atomic E-state index is 10.6. The van der Waals surface area contributed by atoms with Crippen LogP contribution in [0.25, 0.3) is 0 Å². The fourth-order valence-corrected chi connectivity index (χ4v) is 2.13. The van der Waals surface area contributed by atoms with Crippen LogP contribution >= 0.6 is 23.2 Å². The quantitative estimate of drug-likeness (QED) is 0.777. The minimum absolute atomic E-state index is 0.559. The Kier molecular flexibility index (Phi) is 4.46. The molecule has 2 aromatic carbocycles. The third-order valence-corrected chi connectivity index (χ3v) is 3.61. The molecular weight excluding hydrogens is 281 g/mol. The molecule has 0 saturated carbocycles. The van der Waals surface area contributed by atoms with Crippen molar-refractivity contribution in [3.05, 3.63) is 63.6 Å². The maximum absolute atomic E-state index is 10.6. The van der Waals surface area contributed by atoms with E-state index in [4.69, 9.17) is 23.2 Å². The van der Waals surface area contributed by atoms with Crippen LogP contribution in [-0.4, -0.2) is 13.3 Å². The van der Waals surface area contributed by atoms with E-state index >= 15 is 0 Å². The minimum atomic E-state index is 0.559. The molecule has 0 unspecified atom stereocenters. The minimum Gasteiger partial charge on any atom is -0.370 e. The summed E-state index contributed by atoms with van der Waals surface area (Å²) in [5, 5.41) is 1.12. The van der Waals surface area contributed by atoms with Gasteiger partial charge in [-0.15, -0.1) is 0 Å². The average Bonchev–Trinajstić information content (AvgIpc) is 2.43. The Hall–Kier alpha value is -1.51. The number of hydrogen-bond acceptors (Lipinski definition) is 2. The van der Waals surface area contributed by atoms with Gasteiger partial charge in [0.1, 0.15) is 6.29 Å². The van der Waals surface area contributed by atoms with Crippen LogP contribution in [0.2, 0.25) is 10.0 Å². The molecule has 0 spiro atoms. The molecule has 2 nitrogen and oxygen atoms in total. The van der Waals surface area contributed by atoms with Crippen molar-refractivity contribution in [1.82, 2.24) is 0 Å². The highest BCUT2D eigenvalue weighted by molar-refractivity contribution is 6.42. The number of rotatable bonds is 4. The highest BCUT2D eigenvalue weighted by atomic mass is 35.5. The van der Waals surface area contributed by atoms with Crippen molar-refractivity contribution >= 4 is 35.2 Å². The normalized spacial score (nSPS) is 10.3. The van der Waals surface area contributed by atoms with Crippen molar-refractivity contribution in [2.24, 2.45) is 0 Å². The van der Waals surface area contributed by atoms with Gasteiger partial charge in [0.2, 0.25) is 0 Å². The molecule has 0 aliphatic carbocycles. The van der Waals surface area contributed by atoms with Crippen molar-refractivity contribution in [2.75, 3.05) is 11.9 Å². The molecule has 0 heterocycles. The molecular formula is C15H13Cl2NO. The monoisotopic (exact) mass is 293 g/mol. The zero-order valence-corrected chi connectivity index (χ0v) is 11.9. The van der Waals surface area contributed by atoms with Crippen LogP contribution in [0, 0.1) is 0 Å². The number of carbonyl (C=O) groups is 1. The van der Waals surface area contributed by atoms with Crippen LogP contribution in [-0.2, 0) is 6.54 Å². The Labute approximate surface area is 122 Å². The number of nitrogens with zero attached hydrogens (tertiary/aromatic N) is 1. The summed E-state index contributed by atoms with van der Waals surface area (Å²) in [5.41, 5.74) is 2.79. The molecule has 0 aliphatic rings. The van der Waals surface area contributed by atoms with Gasteiger partial charge in [-0.2, -0.15) is 0 Å². The summed E-state index contributed by atoms with van der Waals surface area (Å²) in [4.78, 5) is 12.7. The van der Waals surface area contributed by atoms with Gasteiger partial charge in [-0.1, -0.05) is 29.3 Å². The van der Waals surface area contributed by atoms with E-state index in [9.17, 15) is 4.79 Å². The predicted molar refractivity (Wildman–Crippen MR) is 80.4 cm³/mol. The number of anilines is 1. The number of aldehydes is 1. The molecule has 0 aliphatic heterocycles. The third kappa shape index (κ3) is 3.49. The average molecular weight is 294 g/mol. The molecule has 0 aromatic heterocycles. The second-order valence-corrected chi connectivity index (χ2v) is 5.13. The number of hydrogen-bond donors (Lipinski definition) is 0. The summed E-state index contributed by atoms with van der Waals surface area (Å²) in [6, 6.07) is 13.0. The van der Waals surface area contributed by atoms with Gasteiger partial charge in [0.05, 0.1) is 10.0 Å². The molecule has 0 N–H and O–H groups in total. The third-order valence-electron chi connectivity index (χ3n) is 2.87. The summed E-state index contributed by atoms with van der Waals surface area (Å²) in [7, 11) is 1.98. The largest absolute Gasteiger partial charge is 0.370 e. The molecule has 4 heteroatoms. The highest BCUT2D eigenvalue weighted by Crippen LogP contribution is 2.24. The maximum Gasteiger partial charge on any atom is 0.150 e. The molecule has 0 amide bonds. The van der Waals surface area contributed by atoms with Crippen LogP contribution in [0.4, 0.5) is 5.69 Å². The SMILES string of the molecule is CN(Cc1ccc(Cl)c(Cl)c1)c1ccc(C=O)cc1. The lowest BCUT2D eigenvalue weighted by Crippen LogP contribution is -2.16. The van der Waals surface area contributed by atoms with Crippen LogP contribution < -0.4 is 4.90 Å². The smallest absolute Gasteiger partial charge is 0.150 e.